The van der Waals surface area contributed by atoms with Crippen molar-refractivity contribution in [1.82, 2.24) is 4.57 Å². The number of fused-ring (bicyclic) bond motifs is 1. The minimum absolute atomic E-state index is 0.253. The molecule has 0 fully saturated rings. The maximum atomic E-state index is 12.7. The van der Waals surface area contributed by atoms with Gasteiger partial charge >= 0.3 is 0 Å². The monoisotopic (exact) mass is 390 g/mol. The number of amides is 1. The van der Waals surface area contributed by atoms with Gasteiger partial charge in [-0.1, -0.05) is 23.2 Å². The molecule has 5 nitrogen and oxygen atoms in total. The fourth-order valence-electron chi connectivity index (χ4n) is 2.67. The number of hydrogen-bond donors (Lipinski definition) is 1. The van der Waals surface area contributed by atoms with E-state index in [1.54, 1.807) is 62.7 Å². The molecule has 0 radical (unpaired) electrons. The van der Waals surface area contributed by atoms with Crippen molar-refractivity contribution >= 4 is 45.6 Å². The average Bonchev–Trinajstić information content (AvgIpc) is 2.60. The highest BCUT2D eigenvalue weighted by atomic mass is 35.5. The van der Waals surface area contributed by atoms with E-state index in [0.717, 1.165) is 5.39 Å². The summed E-state index contributed by atoms with van der Waals surface area (Å²) in [5.41, 5.74) is 0.217. The van der Waals surface area contributed by atoms with Crippen LogP contribution in [0.3, 0.4) is 0 Å². The van der Waals surface area contributed by atoms with Gasteiger partial charge in [-0.25, -0.2) is 0 Å². The predicted octanol–water partition coefficient (Wildman–Crippen LogP) is 4.52. The summed E-state index contributed by atoms with van der Waals surface area (Å²) >= 11 is 11.9. The van der Waals surface area contributed by atoms with Crippen molar-refractivity contribution < 1.29 is 9.53 Å². The Bertz CT molecular complexity index is 1030. The van der Waals surface area contributed by atoms with E-state index < -0.39 is 6.04 Å². The third kappa shape index (κ3) is 3.69. The van der Waals surface area contributed by atoms with Crippen molar-refractivity contribution in [2.75, 3.05) is 12.4 Å². The van der Waals surface area contributed by atoms with Gasteiger partial charge in [-0.05, 0) is 54.8 Å². The predicted molar refractivity (Wildman–Crippen MR) is 105 cm³/mol. The number of nitrogens with zero attached hydrogens (tertiary/aromatic N) is 1. The van der Waals surface area contributed by atoms with Crippen LogP contribution in [0.15, 0.2) is 53.5 Å². The molecule has 3 rings (SSSR count). The van der Waals surface area contributed by atoms with Crippen LogP contribution < -0.4 is 15.6 Å². The summed E-state index contributed by atoms with van der Waals surface area (Å²) in [4.78, 5) is 25.3. The lowest BCUT2D eigenvalue weighted by atomic mass is 10.1. The lowest BCUT2D eigenvalue weighted by molar-refractivity contribution is -0.118. The second-order valence-electron chi connectivity index (χ2n) is 5.80. The van der Waals surface area contributed by atoms with E-state index in [-0.39, 0.29) is 11.5 Å². The van der Waals surface area contributed by atoms with E-state index in [1.165, 1.54) is 4.57 Å². The van der Waals surface area contributed by atoms with Gasteiger partial charge in [0.1, 0.15) is 11.8 Å². The van der Waals surface area contributed by atoms with Gasteiger partial charge in [-0.3, -0.25) is 9.59 Å². The average molecular weight is 391 g/mol. The second kappa shape index (κ2) is 7.40. The van der Waals surface area contributed by atoms with Crippen molar-refractivity contribution in [3.63, 3.8) is 0 Å². The molecule has 134 valence electrons. The Labute approximate surface area is 160 Å². The molecular formula is C19H16Cl2N2O3. The summed E-state index contributed by atoms with van der Waals surface area (Å²) in [7, 11) is 1.57. The first kappa shape index (κ1) is 18.3. The first-order chi connectivity index (χ1) is 12.4. The van der Waals surface area contributed by atoms with Crippen molar-refractivity contribution in [1.29, 1.82) is 0 Å². The summed E-state index contributed by atoms with van der Waals surface area (Å²) in [6.45, 7) is 1.65. The van der Waals surface area contributed by atoms with Crippen molar-refractivity contribution in [2.24, 2.45) is 0 Å². The molecule has 2 aromatic carbocycles. The minimum Gasteiger partial charge on any atom is -0.497 e. The Balaban J connectivity index is 1.91. The van der Waals surface area contributed by atoms with Crippen molar-refractivity contribution in [3.8, 4) is 5.75 Å². The first-order valence-corrected chi connectivity index (χ1v) is 8.60. The number of halogens is 2. The summed E-state index contributed by atoms with van der Waals surface area (Å²) in [5.74, 6) is 0.316. The third-order valence-corrected chi connectivity index (χ3v) is 4.50. The molecule has 3 aromatic rings. The van der Waals surface area contributed by atoms with E-state index in [9.17, 15) is 9.59 Å². The number of pyridine rings is 1. The maximum Gasteiger partial charge on any atom is 0.259 e. The van der Waals surface area contributed by atoms with Gasteiger partial charge in [0.25, 0.3) is 5.56 Å². The van der Waals surface area contributed by atoms with Crippen LogP contribution in [0, 0.1) is 0 Å². The molecule has 1 heterocycles. The standard InChI is InChI=1S/C19H16Cl2N2O3/c1-11(18(24)22-15-9-13(20)8-14(21)10-15)23-6-5-12-7-16(26-2)3-4-17(12)19(23)25/h3-11H,1-2H3,(H,22,24). The minimum atomic E-state index is -0.716. The molecule has 1 amide bonds. The van der Waals surface area contributed by atoms with Gasteiger partial charge in [0, 0.05) is 27.3 Å². The number of carbonyl (C=O) groups excluding carboxylic acids is 1. The Morgan fingerprint density at radius 2 is 1.81 bits per heavy atom. The van der Waals surface area contributed by atoms with Gasteiger partial charge < -0.3 is 14.6 Å². The van der Waals surface area contributed by atoms with Crippen LogP contribution in [0.4, 0.5) is 5.69 Å². The van der Waals surface area contributed by atoms with Crippen LogP contribution in [0.25, 0.3) is 10.8 Å². The number of hydrogen-bond acceptors (Lipinski definition) is 3. The second-order valence-corrected chi connectivity index (χ2v) is 6.68. The number of aromatic nitrogens is 1. The zero-order chi connectivity index (χ0) is 18.8. The molecule has 0 spiro atoms. The Hall–Kier alpha value is -2.50. The molecule has 7 heteroatoms. The normalized spacial score (nSPS) is 12.0. The van der Waals surface area contributed by atoms with Crippen LogP contribution >= 0.6 is 23.2 Å². The van der Waals surface area contributed by atoms with Crippen LogP contribution in [-0.4, -0.2) is 17.6 Å². The number of benzene rings is 2. The van der Waals surface area contributed by atoms with Gasteiger partial charge in [0.05, 0.1) is 7.11 Å². The van der Waals surface area contributed by atoms with E-state index in [4.69, 9.17) is 27.9 Å². The molecule has 0 aliphatic rings. The number of anilines is 1. The summed E-state index contributed by atoms with van der Waals surface area (Å²) in [6.07, 6.45) is 1.60. The van der Waals surface area contributed by atoms with Crippen molar-refractivity contribution in [3.05, 3.63) is 69.1 Å². The SMILES string of the molecule is COc1ccc2c(=O)n(C(C)C(=O)Nc3cc(Cl)cc(Cl)c3)ccc2c1. The molecule has 0 aliphatic carbocycles. The van der Waals surface area contributed by atoms with Crippen LogP contribution in [-0.2, 0) is 4.79 Å². The van der Waals surface area contributed by atoms with E-state index in [1.807, 2.05) is 0 Å². The summed E-state index contributed by atoms with van der Waals surface area (Å²) < 4.78 is 6.55. The Morgan fingerprint density at radius 3 is 2.46 bits per heavy atom. The zero-order valence-corrected chi connectivity index (χ0v) is 15.6. The lowest BCUT2D eigenvalue weighted by Crippen LogP contribution is -2.31. The number of methoxy groups -OCH3 is 1. The van der Waals surface area contributed by atoms with Crippen LogP contribution in [0.1, 0.15) is 13.0 Å². The highest BCUT2D eigenvalue weighted by molar-refractivity contribution is 6.35. The largest absolute Gasteiger partial charge is 0.497 e. The fraction of sp³-hybridized carbons (Fsp3) is 0.158. The number of carbonyl (C=O) groups is 1. The van der Waals surface area contributed by atoms with Crippen molar-refractivity contribution in [2.45, 2.75) is 13.0 Å². The highest BCUT2D eigenvalue weighted by Gasteiger charge is 2.18. The lowest BCUT2D eigenvalue weighted by Gasteiger charge is -2.16. The van der Waals surface area contributed by atoms with Gasteiger partial charge in [-0.15, -0.1) is 0 Å². The molecule has 1 atom stereocenters. The molecule has 1 unspecified atom stereocenters. The van der Waals surface area contributed by atoms with Gasteiger partial charge in [-0.2, -0.15) is 0 Å². The number of nitrogens with one attached hydrogen (secondary N) is 1. The molecule has 26 heavy (non-hydrogen) atoms. The molecule has 0 bridgehead atoms. The summed E-state index contributed by atoms with van der Waals surface area (Å²) in [5, 5.41) is 4.82. The topological polar surface area (TPSA) is 60.3 Å². The van der Waals surface area contributed by atoms with Crippen LogP contribution in [0.5, 0.6) is 5.75 Å². The summed E-state index contributed by atoms with van der Waals surface area (Å²) in [6, 6.07) is 11.0. The third-order valence-electron chi connectivity index (χ3n) is 4.07. The van der Waals surface area contributed by atoms with Crippen LogP contribution in [0.2, 0.25) is 10.0 Å². The molecule has 1 aromatic heterocycles. The zero-order valence-electron chi connectivity index (χ0n) is 14.1. The van der Waals surface area contributed by atoms with Gasteiger partial charge in [0.15, 0.2) is 0 Å². The quantitative estimate of drug-likeness (QED) is 0.712. The first-order valence-electron chi connectivity index (χ1n) is 7.85. The molecule has 0 aliphatic heterocycles. The highest BCUT2D eigenvalue weighted by Crippen LogP contribution is 2.23. The number of ether oxygens (including phenoxy) is 1. The maximum absolute atomic E-state index is 12.7. The van der Waals surface area contributed by atoms with Gasteiger partial charge in [0.2, 0.25) is 5.91 Å². The number of rotatable bonds is 4. The molecule has 0 saturated carbocycles. The molecule has 0 saturated heterocycles. The Kier molecular flexibility index (Phi) is 5.20. The molecular weight excluding hydrogens is 375 g/mol. The van der Waals surface area contributed by atoms with E-state index in [0.29, 0.717) is 26.9 Å². The smallest absolute Gasteiger partial charge is 0.259 e. The molecule has 1 N–H and O–H groups in total. The van der Waals surface area contributed by atoms with E-state index in [2.05, 4.69) is 5.32 Å². The van der Waals surface area contributed by atoms with E-state index >= 15 is 0 Å². The fourth-order valence-corrected chi connectivity index (χ4v) is 3.20. The Morgan fingerprint density at radius 1 is 1.12 bits per heavy atom.